The van der Waals surface area contributed by atoms with Crippen molar-refractivity contribution < 1.29 is 29.0 Å². The van der Waals surface area contributed by atoms with Crippen molar-refractivity contribution in [1.82, 2.24) is 0 Å². The van der Waals surface area contributed by atoms with E-state index in [2.05, 4.69) is 0 Å². The van der Waals surface area contributed by atoms with E-state index >= 15 is 0 Å². The topological polar surface area (TPSA) is 93.1 Å². The van der Waals surface area contributed by atoms with Crippen molar-refractivity contribution in [1.29, 1.82) is 0 Å². The van der Waals surface area contributed by atoms with Crippen LogP contribution in [0.1, 0.15) is 49.1 Å². The summed E-state index contributed by atoms with van der Waals surface area (Å²) in [4.78, 5) is 39.7. The minimum Gasteiger partial charge on any atom is -0.507 e. The van der Waals surface area contributed by atoms with E-state index < -0.39 is 23.7 Å². The lowest BCUT2D eigenvalue weighted by Crippen LogP contribution is -2.29. The molecule has 196 valence electrons. The molecule has 7 heteroatoms. The summed E-state index contributed by atoms with van der Waals surface area (Å²) in [6, 6.07) is 18.1. The van der Waals surface area contributed by atoms with Gasteiger partial charge in [0.25, 0.3) is 11.7 Å². The first kappa shape index (κ1) is 26.7. The SMILES string of the molecule is CC(=O)Oc1ccc(C2/C(=C(\O)c3cccc(OCC(C)C)c3)C(=O)C(=O)N2c2cc(C)cc(C)c2)cc1. The van der Waals surface area contributed by atoms with Crippen LogP contribution in [-0.2, 0) is 14.4 Å². The number of hydrogen-bond donors (Lipinski definition) is 1. The number of anilines is 1. The van der Waals surface area contributed by atoms with Crippen LogP contribution in [0.15, 0.2) is 72.3 Å². The summed E-state index contributed by atoms with van der Waals surface area (Å²) in [5, 5.41) is 11.4. The van der Waals surface area contributed by atoms with Crippen molar-refractivity contribution in [3.05, 3.63) is 94.6 Å². The molecule has 4 rings (SSSR count). The highest BCUT2D eigenvalue weighted by Crippen LogP contribution is 2.43. The van der Waals surface area contributed by atoms with Gasteiger partial charge in [0.1, 0.15) is 17.3 Å². The van der Waals surface area contributed by atoms with Crippen LogP contribution in [0.5, 0.6) is 11.5 Å². The first-order chi connectivity index (χ1) is 18.0. The monoisotopic (exact) mass is 513 g/mol. The Kier molecular flexibility index (Phi) is 7.67. The lowest BCUT2D eigenvalue weighted by atomic mass is 9.95. The van der Waals surface area contributed by atoms with E-state index in [4.69, 9.17) is 9.47 Å². The van der Waals surface area contributed by atoms with Crippen molar-refractivity contribution in [2.75, 3.05) is 11.5 Å². The summed E-state index contributed by atoms with van der Waals surface area (Å²) in [6.45, 7) is 9.70. The molecule has 1 N–H and O–H groups in total. The van der Waals surface area contributed by atoms with Gasteiger partial charge in [-0.3, -0.25) is 19.3 Å². The normalized spacial score (nSPS) is 16.7. The molecule has 0 saturated carbocycles. The van der Waals surface area contributed by atoms with Crippen LogP contribution in [0, 0.1) is 19.8 Å². The number of benzene rings is 3. The first-order valence-electron chi connectivity index (χ1n) is 12.5. The maximum Gasteiger partial charge on any atom is 0.308 e. The van der Waals surface area contributed by atoms with Crippen LogP contribution in [0.2, 0.25) is 0 Å². The zero-order valence-electron chi connectivity index (χ0n) is 22.1. The molecule has 0 spiro atoms. The Balaban J connectivity index is 1.87. The molecular formula is C31H31NO6. The van der Waals surface area contributed by atoms with E-state index in [0.29, 0.717) is 40.8 Å². The molecule has 1 aliphatic rings. The van der Waals surface area contributed by atoms with Gasteiger partial charge in [0, 0.05) is 18.2 Å². The predicted molar refractivity (Wildman–Crippen MR) is 145 cm³/mol. The van der Waals surface area contributed by atoms with Crippen molar-refractivity contribution in [3.8, 4) is 11.5 Å². The highest BCUT2D eigenvalue weighted by atomic mass is 16.5. The summed E-state index contributed by atoms with van der Waals surface area (Å²) in [7, 11) is 0. The molecule has 1 unspecified atom stereocenters. The van der Waals surface area contributed by atoms with Crippen LogP contribution in [0.4, 0.5) is 5.69 Å². The molecular weight excluding hydrogens is 482 g/mol. The minimum atomic E-state index is -0.900. The Labute approximate surface area is 222 Å². The number of ketones is 1. The third-order valence-electron chi connectivity index (χ3n) is 6.08. The Morgan fingerprint density at radius 2 is 1.61 bits per heavy atom. The number of aryl methyl sites for hydroxylation is 2. The number of rotatable bonds is 7. The summed E-state index contributed by atoms with van der Waals surface area (Å²) in [5.41, 5.74) is 3.32. The number of aliphatic hydroxyl groups excluding tert-OH is 1. The zero-order valence-corrected chi connectivity index (χ0v) is 22.1. The lowest BCUT2D eigenvalue weighted by Gasteiger charge is -2.26. The molecule has 0 bridgehead atoms. The largest absolute Gasteiger partial charge is 0.507 e. The van der Waals surface area contributed by atoms with Crippen molar-refractivity contribution >= 4 is 29.1 Å². The molecule has 1 atom stereocenters. The number of Topliss-reactive ketones (excluding diaryl/α,β-unsaturated/α-hetero) is 1. The van der Waals surface area contributed by atoms with Crippen LogP contribution in [-0.4, -0.2) is 29.4 Å². The first-order valence-corrected chi connectivity index (χ1v) is 12.5. The fraction of sp³-hybridized carbons (Fsp3) is 0.258. The average Bonchev–Trinajstić information content (AvgIpc) is 3.12. The highest BCUT2D eigenvalue weighted by Gasteiger charge is 2.47. The van der Waals surface area contributed by atoms with Gasteiger partial charge in [0.05, 0.1) is 18.2 Å². The van der Waals surface area contributed by atoms with Crippen LogP contribution in [0.25, 0.3) is 5.76 Å². The fourth-order valence-corrected chi connectivity index (χ4v) is 4.54. The molecule has 0 aliphatic carbocycles. The van der Waals surface area contributed by atoms with Crippen LogP contribution in [0.3, 0.4) is 0 Å². The van der Waals surface area contributed by atoms with Crippen molar-refractivity contribution in [2.45, 2.75) is 40.7 Å². The Morgan fingerprint density at radius 3 is 2.21 bits per heavy atom. The van der Waals surface area contributed by atoms with Gasteiger partial charge in [0.2, 0.25) is 0 Å². The van der Waals surface area contributed by atoms with Gasteiger partial charge in [-0.05, 0) is 72.9 Å². The molecule has 3 aromatic rings. The minimum absolute atomic E-state index is 0.0320. The molecule has 1 heterocycles. The molecule has 0 aromatic heterocycles. The van der Waals surface area contributed by atoms with Crippen LogP contribution >= 0.6 is 0 Å². The maximum atomic E-state index is 13.5. The quantitative estimate of drug-likeness (QED) is 0.139. The molecule has 7 nitrogen and oxygen atoms in total. The second kappa shape index (κ2) is 10.9. The maximum absolute atomic E-state index is 13.5. The fourth-order valence-electron chi connectivity index (χ4n) is 4.54. The zero-order chi connectivity index (χ0) is 27.6. The van der Waals surface area contributed by atoms with E-state index in [9.17, 15) is 19.5 Å². The molecule has 1 saturated heterocycles. The summed E-state index contributed by atoms with van der Waals surface area (Å²) in [6.07, 6.45) is 0. The Morgan fingerprint density at radius 1 is 0.947 bits per heavy atom. The third-order valence-corrected chi connectivity index (χ3v) is 6.08. The molecule has 38 heavy (non-hydrogen) atoms. The van der Waals surface area contributed by atoms with E-state index in [0.717, 1.165) is 11.1 Å². The summed E-state index contributed by atoms with van der Waals surface area (Å²) >= 11 is 0. The predicted octanol–water partition coefficient (Wildman–Crippen LogP) is 5.89. The van der Waals surface area contributed by atoms with Gasteiger partial charge in [0.15, 0.2) is 0 Å². The number of carbonyl (C=O) groups excluding carboxylic acids is 3. The third kappa shape index (κ3) is 5.62. The second-order valence-electron chi connectivity index (χ2n) is 9.91. The number of carbonyl (C=O) groups is 3. The molecule has 1 amide bonds. The number of ether oxygens (including phenoxy) is 2. The smallest absolute Gasteiger partial charge is 0.308 e. The number of nitrogens with zero attached hydrogens (tertiary/aromatic N) is 1. The van der Waals surface area contributed by atoms with Crippen molar-refractivity contribution in [3.63, 3.8) is 0 Å². The number of esters is 1. The Bertz CT molecular complexity index is 1400. The highest BCUT2D eigenvalue weighted by molar-refractivity contribution is 6.51. The van der Waals surface area contributed by atoms with E-state index in [1.54, 1.807) is 48.5 Å². The summed E-state index contributed by atoms with van der Waals surface area (Å²) in [5.74, 6) is -1.08. The lowest BCUT2D eigenvalue weighted by molar-refractivity contribution is -0.132. The number of aliphatic hydroxyl groups is 1. The Hall–Kier alpha value is -4.39. The summed E-state index contributed by atoms with van der Waals surface area (Å²) < 4.78 is 11.0. The van der Waals surface area contributed by atoms with Gasteiger partial charge in [-0.2, -0.15) is 0 Å². The van der Waals surface area contributed by atoms with Gasteiger partial charge in [-0.15, -0.1) is 0 Å². The van der Waals surface area contributed by atoms with Gasteiger partial charge in [-0.1, -0.05) is 44.2 Å². The molecule has 1 aliphatic heterocycles. The number of amides is 1. The number of hydrogen-bond acceptors (Lipinski definition) is 6. The van der Waals surface area contributed by atoms with Crippen molar-refractivity contribution in [2.24, 2.45) is 5.92 Å². The van der Waals surface area contributed by atoms with E-state index in [1.165, 1.54) is 11.8 Å². The molecule has 1 fully saturated rings. The van der Waals surface area contributed by atoms with Gasteiger partial charge < -0.3 is 14.6 Å². The van der Waals surface area contributed by atoms with Gasteiger partial charge >= 0.3 is 5.97 Å². The van der Waals surface area contributed by atoms with Gasteiger partial charge in [-0.25, -0.2) is 0 Å². The molecule has 3 aromatic carbocycles. The van der Waals surface area contributed by atoms with E-state index in [-0.39, 0.29) is 11.3 Å². The van der Waals surface area contributed by atoms with Crippen LogP contribution < -0.4 is 14.4 Å². The van der Waals surface area contributed by atoms with E-state index in [1.807, 2.05) is 45.9 Å². The second-order valence-corrected chi connectivity index (χ2v) is 9.91. The molecule has 0 radical (unpaired) electrons. The average molecular weight is 514 g/mol. The standard InChI is InChI=1S/C31H31NO6/c1-18(2)17-37-26-8-6-7-23(16-26)29(34)27-28(22-9-11-25(12-10-22)38-21(5)33)32(31(36)30(27)35)24-14-19(3)13-20(4)15-24/h6-16,18,28,34H,17H2,1-5H3/b29-27+.